The van der Waals surface area contributed by atoms with E-state index in [1.165, 1.54) is 53.4 Å². The van der Waals surface area contributed by atoms with Crippen molar-refractivity contribution in [2.45, 2.75) is 0 Å². The molecule has 0 atom stereocenters. The summed E-state index contributed by atoms with van der Waals surface area (Å²) >= 11 is 3.43. The van der Waals surface area contributed by atoms with Crippen LogP contribution in [0.4, 0.5) is 10.5 Å². The van der Waals surface area contributed by atoms with Gasteiger partial charge in [0.15, 0.2) is 23.0 Å². The van der Waals surface area contributed by atoms with Crippen molar-refractivity contribution in [2.75, 3.05) is 48.0 Å². The van der Waals surface area contributed by atoms with Gasteiger partial charge in [-0.3, -0.25) is 4.57 Å². The summed E-state index contributed by atoms with van der Waals surface area (Å²) in [6.07, 6.45) is 1.46. The van der Waals surface area contributed by atoms with Crippen LogP contribution in [0.15, 0.2) is 64.0 Å². The van der Waals surface area contributed by atoms with Crippen molar-refractivity contribution >= 4 is 27.6 Å². The molecule has 3 aromatic carbocycles. The lowest BCUT2D eigenvalue weighted by atomic mass is 10.1. The minimum absolute atomic E-state index is 0.331. The molecule has 1 N–H and O–H groups in total. The van der Waals surface area contributed by atoms with Gasteiger partial charge in [-0.25, -0.2) is 14.2 Å². The van der Waals surface area contributed by atoms with Gasteiger partial charge in [-0.1, -0.05) is 28.1 Å². The van der Waals surface area contributed by atoms with Crippen molar-refractivity contribution in [3.8, 4) is 51.4 Å². The van der Waals surface area contributed by atoms with Crippen molar-refractivity contribution in [2.24, 2.45) is 0 Å². The number of carbonyl (C=O) groups excluding carboxylic acids is 1. The first-order valence-electron chi connectivity index (χ1n) is 11.8. The fourth-order valence-corrected chi connectivity index (χ4v) is 4.46. The molecule has 12 heteroatoms. The third kappa shape index (κ3) is 5.30. The van der Waals surface area contributed by atoms with Crippen molar-refractivity contribution in [1.29, 1.82) is 0 Å². The first kappa shape index (κ1) is 28.4. The summed E-state index contributed by atoms with van der Waals surface area (Å²) in [7, 11) is 8.87. The Morgan fingerprint density at radius 1 is 0.725 bits per heavy atom. The molecular weight excluding hydrogens is 586 g/mol. The maximum Gasteiger partial charge on any atom is 0.341 e. The Labute approximate surface area is 238 Å². The van der Waals surface area contributed by atoms with Gasteiger partial charge in [-0.05, 0) is 12.1 Å². The van der Waals surface area contributed by atoms with E-state index in [4.69, 9.17) is 28.4 Å². The first-order chi connectivity index (χ1) is 19.3. The molecule has 0 radical (unpaired) electrons. The molecule has 0 saturated carbocycles. The minimum Gasteiger partial charge on any atom is -0.493 e. The summed E-state index contributed by atoms with van der Waals surface area (Å²) in [5.41, 5.74) is 1.24. The molecule has 1 aromatic heterocycles. The predicted octanol–water partition coefficient (Wildman–Crippen LogP) is 5.20. The van der Waals surface area contributed by atoms with Crippen LogP contribution in [0.1, 0.15) is 0 Å². The summed E-state index contributed by atoms with van der Waals surface area (Å²) in [4.78, 5) is 27.3. The first-order valence-corrected chi connectivity index (χ1v) is 12.6. The zero-order valence-corrected chi connectivity index (χ0v) is 24.3. The number of hydrogen-bond donors (Lipinski definition) is 1. The van der Waals surface area contributed by atoms with Gasteiger partial charge in [0.2, 0.25) is 11.5 Å². The van der Waals surface area contributed by atoms with Crippen molar-refractivity contribution in [3.63, 3.8) is 0 Å². The Balaban J connectivity index is 1.88. The van der Waals surface area contributed by atoms with Crippen LogP contribution in [-0.2, 0) is 0 Å². The van der Waals surface area contributed by atoms with E-state index in [1.54, 1.807) is 24.3 Å². The summed E-state index contributed by atoms with van der Waals surface area (Å²) < 4.78 is 35.7. The summed E-state index contributed by atoms with van der Waals surface area (Å²) in [5.74, 6) is 2.11. The quantitative estimate of drug-likeness (QED) is 0.274. The van der Waals surface area contributed by atoms with Gasteiger partial charge in [0.05, 0.1) is 59.7 Å². The van der Waals surface area contributed by atoms with Crippen molar-refractivity contribution in [3.05, 3.63) is 69.7 Å². The standard InChI is InChI=1S/C28H28BrN3O8/c1-35-21-11-18(12-22(36-2)25(21)39-5)30-27(33)31-15-20(16-7-9-17(29)10-8-16)32(28(31)34)19-13-23(37-3)26(40-6)24(14-19)38-4/h7-15H,1-6H3,(H,30,33). The maximum absolute atomic E-state index is 13.8. The van der Waals surface area contributed by atoms with Gasteiger partial charge in [0, 0.05) is 40.5 Å². The fourth-order valence-electron chi connectivity index (χ4n) is 4.20. The molecule has 0 aliphatic rings. The van der Waals surface area contributed by atoms with Crippen LogP contribution < -0.4 is 39.4 Å². The van der Waals surface area contributed by atoms with Gasteiger partial charge in [0.25, 0.3) is 0 Å². The monoisotopic (exact) mass is 613 g/mol. The highest BCUT2D eigenvalue weighted by Crippen LogP contribution is 2.41. The molecule has 0 unspecified atom stereocenters. The molecule has 4 aromatic rings. The van der Waals surface area contributed by atoms with Gasteiger partial charge >= 0.3 is 11.7 Å². The van der Waals surface area contributed by atoms with E-state index < -0.39 is 11.7 Å². The van der Waals surface area contributed by atoms with Crippen molar-refractivity contribution in [1.82, 2.24) is 9.13 Å². The smallest absolute Gasteiger partial charge is 0.341 e. The van der Waals surface area contributed by atoms with Crippen LogP contribution >= 0.6 is 15.9 Å². The zero-order valence-electron chi connectivity index (χ0n) is 22.7. The van der Waals surface area contributed by atoms with E-state index in [1.807, 2.05) is 24.3 Å². The molecule has 210 valence electrons. The number of benzene rings is 3. The number of hydrogen-bond acceptors (Lipinski definition) is 8. The number of methoxy groups -OCH3 is 6. The fraction of sp³-hybridized carbons (Fsp3) is 0.214. The molecule has 0 fully saturated rings. The third-order valence-corrected chi connectivity index (χ3v) is 6.60. The van der Waals surface area contributed by atoms with E-state index in [-0.39, 0.29) is 0 Å². The summed E-state index contributed by atoms with van der Waals surface area (Å²) in [5, 5.41) is 2.73. The number of imidazole rings is 1. The van der Waals surface area contributed by atoms with Gasteiger partial charge in [-0.15, -0.1) is 0 Å². The number of ether oxygens (including phenoxy) is 6. The van der Waals surface area contributed by atoms with Gasteiger partial charge in [-0.2, -0.15) is 0 Å². The van der Waals surface area contributed by atoms with E-state index in [2.05, 4.69) is 21.2 Å². The topological polar surface area (TPSA) is 111 Å². The lowest BCUT2D eigenvalue weighted by Crippen LogP contribution is -2.31. The Kier molecular flexibility index (Phi) is 8.58. The van der Waals surface area contributed by atoms with Crippen molar-refractivity contribution < 1.29 is 33.2 Å². The Hall–Kier alpha value is -4.58. The summed E-state index contributed by atoms with van der Waals surface area (Å²) in [6.45, 7) is 0. The van der Waals surface area contributed by atoms with Gasteiger partial charge < -0.3 is 33.7 Å². The highest BCUT2D eigenvalue weighted by atomic mass is 79.9. The lowest BCUT2D eigenvalue weighted by molar-refractivity contribution is 0.252. The van der Waals surface area contributed by atoms with E-state index in [0.29, 0.717) is 57.1 Å². The molecule has 1 heterocycles. The SMILES string of the molecule is COc1cc(NC(=O)n2cc(-c3ccc(Br)cc3)n(-c3cc(OC)c(OC)c(OC)c3)c2=O)cc(OC)c1OC. The number of rotatable bonds is 9. The number of nitrogens with zero attached hydrogens (tertiary/aromatic N) is 2. The van der Waals surface area contributed by atoms with Gasteiger partial charge in [0.1, 0.15) is 0 Å². The van der Waals surface area contributed by atoms with Crippen LogP contribution in [0, 0.1) is 0 Å². The predicted molar refractivity (Wildman–Crippen MR) is 153 cm³/mol. The molecule has 0 saturated heterocycles. The lowest BCUT2D eigenvalue weighted by Gasteiger charge is -2.15. The third-order valence-electron chi connectivity index (χ3n) is 6.07. The Morgan fingerprint density at radius 3 is 1.65 bits per heavy atom. The number of anilines is 1. The average molecular weight is 614 g/mol. The largest absolute Gasteiger partial charge is 0.493 e. The highest BCUT2D eigenvalue weighted by Gasteiger charge is 2.23. The molecule has 40 heavy (non-hydrogen) atoms. The number of amides is 1. The average Bonchev–Trinajstić information content (AvgIpc) is 3.32. The maximum atomic E-state index is 13.8. The van der Waals surface area contributed by atoms with E-state index in [0.717, 1.165) is 9.04 Å². The van der Waals surface area contributed by atoms with Crippen LogP contribution in [0.25, 0.3) is 16.9 Å². The van der Waals surface area contributed by atoms with Crippen LogP contribution in [-0.4, -0.2) is 57.8 Å². The number of nitrogens with one attached hydrogen (secondary N) is 1. The number of aromatic nitrogens is 2. The second-order valence-electron chi connectivity index (χ2n) is 8.24. The van der Waals surface area contributed by atoms with E-state index in [9.17, 15) is 9.59 Å². The Morgan fingerprint density at radius 2 is 1.20 bits per heavy atom. The molecule has 11 nitrogen and oxygen atoms in total. The molecular formula is C28H28BrN3O8. The second-order valence-corrected chi connectivity index (χ2v) is 9.15. The van der Waals surface area contributed by atoms with Crippen LogP contribution in [0.2, 0.25) is 0 Å². The van der Waals surface area contributed by atoms with Crippen LogP contribution in [0.3, 0.4) is 0 Å². The highest BCUT2D eigenvalue weighted by molar-refractivity contribution is 9.10. The Bertz CT molecular complexity index is 1540. The van der Waals surface area contributed by atoms with E-state index >= 15 is 0 Å². The molecule has 0 aliphatic carbocycles. The molecule has 1 amide bonds. The minimum atomic E-state index is -0.705. The number of halogens is 1. The second kappa shape index (κ2) is 12.1. The van der Waals surface area contributed by atoms with Crippen LogP contribution in [0.5, 0.6) is 34.5 Å². The molecule has 0 aliphatic heterocycles. The summed E-state index contributed by atoms with van der Waals surface area (Å²) in [6, 6.07) is 13.0. The zero-order chi connectivity index (χ0) is 29.0. The molecule has 4 rings (SSSR count). The number of carbonyl (C=O) groups is 1. The molecule has 0 spiro atoms. The normalized spacial score (nSPS) is 10.6. The molecule has 0 bridgehead atoms.